The zero-order chi connectivity index (χ0) is 14.8. The van der Waals surface area contributed by atoms with Crippen molar-refractivity contribution in [3.63, 3.8) is 0 Å². The average Bonchev–Trinajstić information content (AvgIpc) is 2.93. The lowest BCUT2D eigenvalue weighted by atomic mass is 10.2. The van der Waals surface area contributed by atoms with Crippen molar-refractivity contribution in [1.82, 2.24) is 20.2 Å². The van der Waals surface area contributed by atoms with Crippen LogP contribution in [0, 0.1) is 0 Å². The second kappa shape index (κ2) is 6.23. The maximum absolute atomic E-state index is 5.62. The minimum absolute atomic E-state index is 0.242. The topological polar surface area (TPSA) is 62.1 Å². The molecule has 1 aromatic heterocycles. The molecule has 0 atom stereocenters. The molecule has 8 heteroatoms. The summed E-state index contributed by atoms with van der Waals surface area (Å²) in [7, 11) is 0. The molecule has 0 saturated carbocycles. The maximum Gasteiger partial charge on any atom is 0.209 e. The number of aromatic nitrogens is 4. The quantitative estimate of drug-likeness (QED) is 0.770. The molecule has 0 fully saturated rings. The maximum atomic E-state index is 5.62. The molecule has 3 rings (SSSR count). The van der Waals surface area contributed by atoms with Crippen molar-refractivity contribution in [2.75, 3.05) is 13.2 Å². The SMILES string of the molecule is CC(C)n1nnnc1SCc1cc2c(cc1Br)OCCO2. The van der Waals surface area contributed by atoms with Gasteiger partial charge in [0.25, 0.3) is 0 Å². The predicted octanol–water partition coefficient (Wildman–Crippen LogP) is 3.08. The van der Waals surface area contributed by atoms with Gasteiger partial charge < -0.3 is 9.47 Å². The van der Waals surface area contributed by atoms with Gasteiger partial charge in [-0.1, -0.05) is 27.7 Å². The largest absolute Gasteiger partial charge is 0.486 e. The lowest BCUT2D eigenvalue weighted by Gasteiger charge is -2.19. The third kappa shape index (κ3) is 3.16. The first-order valence-corrected chi connectivity index (χ1v) is 8.41. The molecule has 1 aromatic carbocycles. The summed E-state index contributed by atoms with van der Waals surface area (Å²) >= 11 is 5.18. The van der Waals surface area contributed by atoms with Gasteiger partial charge in [-0.15, -0.1) is 5.10 Å². The third-order valence-electron chi connectivity index (χ3n) is 3.02. The van der Waals surface area contributed by atoms with E-state index in [1.54, 1.807) is 11.8 Å². The van der Waals surface area contributed by atoms with Crippen LogP contribution in [0.25, 0.3) is 0 Å². The van der Waals surface area contributed by atoms with Crippen LogP contribution in [0.15, 0.2) is 21.8 Å². The monoisotopic (exact) mass is 370 g/mol. The molecule has 2 aromatic rings. The summed E-state index contributed by atoms with van der Waals surface area (Å²) in [5.74, 6) is 2.34. The van der Waals surface area contributed by atoms with E-state index in [1.807, 2.05) is 16.8 Å². The molecule has 0 saturated heterocycles. The Labute approximate surface area is 135 Å². The molecule has 2 heterocycles. The van der Waals surface area contributed by atoms with E-state index in [2.05, 4.69) is 45.3 Å². The van der Waals surface area contributed by atoms with Gasteiger partial charge in [0.2, 0.25) is 5.16 Å². The Morgan fingerprint density at radius 2 is 2.00 bits per heavy atom. The van der Waals surface area contributed by atoms with Crippen molar-refractivity contribution < 1.29 is 9.47 Å². The molecule has 0 unspecified atom stereocenters. The van der Waals surface area contributed by atoms with Crippen molar-refractivity contribution in [1.29, 1.82) is 0 Å². The van der Waals surface area contributed by atoms with Gasteiger partial charge in [-0.05, 0) is 42.0 Å². The highest BCUT2D eigenvalue weighted by Gasteiger charge is 2.16. The van der Waals surface area contributed by atoms with Gasteiger partial charge in [-0.2, -0.15) is 0 Å². The van der Waals surface area contributed by atoms with Gasteiger partial charge in [-0.25, -0.2) is 4.68 Å². The molecule has 21 heavy (non-hydrogen) atoms. The fourth-order valence-electron chi connectivity index (χ4n) is 1.96. The summed E-state index contributed by atoms with van der Waals surface area (Å²) in [5.41, 5.74) is 1.13. The van der Waals surface area contributed by atoms with Crippen molar-refractivity contribution >= 4 is 27.7 Å². The van der Waals surface area contributed by atoms with E-state index in [0.717, 1.165) is 32.4 Å². The standard InChI is InChI=1S/C13H15BrN4O2S/c1-8(2)18-13(15-16-17-18)21-7-9-5-11-12(6-10(9)14)20-4-3-19-11/h5-6,8H,3-4,7H2,1-2H3. The number of benzene rings is 1. The van der Waals surface area contributed by atoms with Crippen molar-refractivity contribution in [3.8, 4) is 11.5 Å². The Kier molecular flexibility index (Phi) is 4.34. The molecular formula is C13H15BrN4O2S. The molecule has 0 spiro atoms. The number of tetrazole rings is 1. The Balaban J connectivity index is 1.77. The van der Waals surface area contributed by atoms with Crippen LogP contribution in [0.2, 0.25) is 0 Å². The van der Waals surface area contributed by atoms with E-state index in [4.69, 9.17) is 9.47 Å². The van der Waals surface area contributed by atoms with Crippen molar-refractivity contribution in [2.45, 2.75) is 30.8 Å². The van der Waals surface area contributed by atoms with E-state index in [-0.39, 0.29) is 6.04 Å². The van der Waals surface area contributed by atoms with E-state index >= 15 is 0 Å². The van der Waals surface area contributed by atoms with E-state index in [1.165, 1.54) is 0 Å². The summed E-state index contributed by atoms with van der Waals surface area (Å²) in [4.78, 5) is 0. The van der Waals surface area contributed by atoms with Crippen LogP contribution in [-0.2, 0) is 5.75 Å². The minimum Gasteiger partial charge on any atom is -0.486 e. The summed E-state index contributed by atoms with van der Waals surface area (Å²) in [6, 6.07) is 4.21. The Morgan fingerprint density at radius 3 is 2.71 bits per heavy atom. The van der Waals surface area contributed by atoms with Gasteiger partial charge in [0.05, 0.1) is 6.04 Å². The molecular weight excluding hydrogens is 356 g/mol. The Hall–Kier alpha value is -1.28. The predicted molar refractivity (Wildman–Crippen MR) is 82.9 cm³/mol. The number of hydrogen-bond donors (Lipinski definition) is 0. The fourth-order valence-corrected chi connectivity index (χ4v) is 3.61. The molecule has 0 N–H and O–H groups in total. The second-order valence-corrected chi connectivity index (χ2v) is 6.67. The van der Waals surface area contributed by atoms with Crippen LogP contribution in [-0.4, -0.2) is 33.4 Å². The number of hydrogen-bond acceptors (Lipinski definition) is 6. The lowest BCUT2D eigenvalue weighted by Crippen LogP contribution is -2.15. The molecule has 112 valence electrons. The van der Waals surface area contributed by atoms with Gasteiger partial charge in [-0.3, -0.25) is 0 Å². The van der Waals surface area contributed by atoms with Gasteiger partial charge in [0.15, 0.2) is 11.5 Å². The fraction of sp³-hybridized carbons (Fsp3) is 0.462. The average molecular weight is 371 g/mol. The van der Waals surface area contributed by atoms with Crippen LogP contribution < -0.4 is 9.47 Å². The number of fused-ring (bicyclic) bond motifs is 1. The Morgan fingerprint density at radius 1 is 1.29 bits per heavy atom. The van der Waals surface area contributed by atoms with Crippen LogP contribution in [0.3, 0.4) is 0 Å². The highest BCUT2D eigenvalue weighted by Crippen LogP contribution is 2.37. The number of thioether (sulfide) groups is 1. The van der Waals surface area contributed by atoms with Crippen molar-refractivity contribution in [3.05, 3.63) is 22.2 Å². The van der Waals surface area contributed by atoms with E-state index in [9.17, 15) is 0 Å². The van der Waals surface area contributed by atoms with E-state index < -0.39 is 0 Å². The molecule has 0 bridgehead atoms. The first-order valence-electron chi connectivity index (χ1n) is 6.64. The van der Waals surface area contributed by atoms with Crippen LogP contribution >= 0.6 is 27.7 Å². The van der Waals surface area contributed by atoms with E-state index in [0.29, 0.717) is 13.2 Å². The summed E-state index contributed by atoms with van der Waals surface area (Å²) in [6.07, 6.45) is 0. The molecule has 1 aliphatic rings. The number of halogens is 1. The highest BCUT2D eigenvalue weighted by molar-refractivity contribution is 9.10. The molecule has 0 amide bonds. The number of rotatable bonds is 4. The van der Waals surface area contributed by atoms with Gasteiger partial charge in [0.1, 0.15) is 13.2 Å². The van der Waals surface area contributed by atoms with Gasteiger partial charge >= 0.3 is 0 Å². The number of nitrogens with zero attached hydrogens (tertiary/aromatic N) is 4. The van der Waals surface area contributed by atoms with Crippen LogP contribution in [0.5, 0.6) is 11.5 Å². The zero-order valence-electron chi connectivity index (χ0n) is 11.7. The first kappa shape index (κ1) is 14.6. The highest BCUT2D eigenvalue weighted by atomic mass is 79.9. The summed E-state index contributed by atoms with van der Waals surface area (Å²) in [6.45, 7) is 5.30. The van der Waals surface area contributed by atoms with Gasteiger partial charge in [0, 0.05) is 10.2 Å². The van der Waals surface area contributed by atoms with Crippen LogP contribution in [0.4, 0.5) is 0 Å². The minimum atomic E-state index is 0.242. The van der Waals surface area contributed by atoms with Crippen molar-refractivity contribution in [2.24, 2.45) is 0 Å². The third-order valence-corrected chi connectivity index (χ3v) is 4.74. The lowest BCUT2D eigenvalue weighted by molar-refractivity contribution is 0.171. The second-order valence-electron chi connectivity index (χ2n) is 4.88. The Bertz CT molecular complexity index is 647. The number of ether oxygens (including phenoxy) is 2. The summed E-state index contributed by atoms with van der Waals surface area (Å²) < 4.78 is 14.0. The smallest absolute Gasteiger partial charge is 0.209 e. The molecule has 0 aliphatic carbocycles. The van der Waals surface area contributed by atoms with Crippen LogP contribution in [0.1, 0.15) is 25.5 Å². The first-order chi connectivity index (χ1) is 10.1. The normalized spacial score (nSPS) is 13.7. The molecule has 0 radical (unpaired) electrons. The summed E-state index contributed by atoms with van der Waals surface area (Å²) in [5, 5.41) is 12.6. The molecule has 6 nitrogen and oxygen atoms in total. The molecule has 1 aliphatic heterocycles. The zero-order valence-corrected chi connectivity index (χ0v) is 14.1.